The fourth-order valence-electron chi connectivity index (χ4n) is 12.5. The van der Waals surface area contributed by atoms with E-state index in [4.69, 9.17) is 8.22 Å². The number of anilines is 6. The van der Waals surface area contributed by atoms with Gasteiger partial charge in [0.1, 0.15) is 0 Å². The molecule has 0 fully saturated rings. The molecular weight excluding hydrogens is 965 g/mol. The highest BCUT2D eigenvalue weighted by molar-refractivity contribution is 5.92. The van der Waals surface area contributed by atoms with Gasteiger partial charge in [0.2, 0.25) is 0 Å². The maximum absolute atomic E-state index is 9.57. The molecule has 378 valence electrons. The third-order valence-corrected chi connectivity index (χ3v) is 16.1. The van der Waals surface area contributed by atoms with Gasteiger partial charge in [-0.25, -0.2) is 0 Å². The lowest BCUT2D eigenvalue weighted by atomic mass is 9.67. The summed E-state index contributed by atoms with van der Waals surface area (Å²) in [5.74, 6) is 0. The summed E-state index contributed by atoms with van der Waals surface area (Å²) in [5.41, 5.74) is 14.8. The highest BCUT2D eigenvalue weighted by Crippen LogP contribution is 2.59. The molecule has 0 aliphatic heterocycles. The van der Waals surface area contributed by atoms with Crippen LogP contribution in [0.5, 0.6) is 0 Å². The van der Waals surface area contributed by atoms with E-state index in [1.54, 1.807) is 12.2 Å². The average Bonchev–Trinajstić information content (AvgIpc) is 1.49. The smallest absolute Gasteiger partial charge is 0.0714 e. The van der Waals surface area contributed by atoms with Crippen LogP contribution in [0.15, 0.2) is 316 Å². The Kier molecular flexibility index (Phi) is 9.55. The van der Waals surface area contributed by atoms with E-state index in [0.29, 0.717) is 0 Å². The Morgan fingerprint density at radius 2 is 0.613 bits per heavy atom. The molecule has 0 heterocycles. The van der Waals surface area contributed by atoms with Crippen molar-refractivity contribution in [2.75, 3.05) is 9.80 Å². The van der Waals surface area contributed by atoms with E-state index in [0.717, 1.165) is 112 Å². The Morgan fingerprint density at radius 1 is 0.287 bits per heavy atom. The molecule has 0 saturated heterocycles. The van der Waals surface area contributed by atoms with E-state index in [1.165, 1.54) is 0 Å². The summed E-state index contributed by atoms with van der Waals surface area (Å²) in [4.78, 5) is 4.36. The molecule has 12 aromatic carbocycles. The highest BCUT2D eigenvalue weighted by Gasteiger charge is 2.48. The summed E-state index contributed by atoms with van der Waals surface area (Å²) in [6, 6.07) is 77.7. The monoisotopic (exact) mass is 1030 g/mol. The fraction of sp³-hybridized carbons (Fsp3) is 0.0256. The Balaban J connectivity index is 0.878. The van der Waals surface area contributed by atoms with Gasteiger partial charge in [0, 0.05) is 34.1 Å². The van der Waals surface area contributed by atoms with Gasteiger partial charge in [-0.1, -0.05) is 256 Å². The summed E-state index contributed by atoms with van der Waals surface area (Å²) in [5, 5.41) is 0. The first-order chi connectivity index (χ1) is 43.7. The Hall–Kier alpha value is -10.3. The van der Waals surface area contributed by atoms with E-state index in [-0.39, 0.29) is 35.3 Å². The molecule has 2 nitrogen and oxygen atoms in total. The van der Waals surface area contributed by atoms with Gasteiger partial charge in [-0.15, -0.1) is 0 Å². The zero-order valence-electron chi connectivity index (χ0n) is 53.6. The number of hydrogen-bond donors (Lipinski definition) is 0. The minimum atomic E-state index is -1.33. The van der Waals surface area contributed by atoms with Crippen LogP contribution in [-0.4, -0.2) is 0 Å². The quantitative estimate of drug-likeness (QED) is 0.114. The fourth-order valence-corrected chi connectivity index (χ4v) is 12.5. The van der Waals surface area contributed by atoms with Crippen molar-refractivity contribution in [1.29, 1.82) is 0 Å². The van der Waals surface area contributed by atoms with E-state index >= 15 is 0 Å². The molecule has 2 atom stereocenters. The van der Waals surface area contributed by atoms with Crippen LogP contribution in [0.4, 0.5) is 34.1 Å². The number of rotatable bonds is 13. The second-order valence-corrected chi connectivity index (χ2v) is 20.1. The van der Waals surface area contributed by atoms with Gasteiger partial charge in [-0.2, -0.15) is 0 Å². The second-order valence-electron chi connectivity index (χ2n) is 20.1. The first-order valence-electron chi connectivity index (χ1n) is 31.7. The predicted octanol–water partition coefficient (Wildman–Crippen LogP) is 20.3. The summed E-state index contributed by atoms with van der Waals surface area (Å²) in [7, 11) is 0. The summed E-state index contributed by atoms with van der Waals surface area (Å²) in [6.45, 7) is 7.99. The second kappa shape index (κ2) is 19.9. The van der Waals surface area contributed by atoms with Gasteiger partial charge in [0.15, 0.2) is 0 Å². The predicted molar refractivity (Wildman–Crippen MR) is 336 cm³/mol. The van der Waals surface area contributed by atoms with Gasteiger partial charge in [-0.05, 0) is 162 Å². The van der Waals surface area contributed by atoms with Crippen molar-refractivity contribution in [3.8, 4) is 33.4 Å². The van der Waals surface area contributed by atoms with Gasteiger partial charge in [0.05, 0.1) is 24.5 Å². The topological polar surface area (TPSA) is 6.48 Å². The zero-order valence-corrected chi connectivity index (χ0v) is 43.6. The van der Waals surface area contributed by atoms with Crippen molar-refractivity contribution in [3.63, 3.8) is 0 Å². The van der Waals surface area contributed by atoms with E-state index < -0.39 is 47.1 Å². The molecule has 0 bridgehead atoms. The molecule has 0 radical (unpaired) electrons. The zero-order chi connectivity index (χ0) is 62.3. The lowest BCUT2D eigenvalue weighted by molar-refractivity contribution is 0.768. The minimum Gasteiger partial charge on any atom is -0.310 e. The number of para-hydroxylation sites is 2. The molecule has 0 amide bonds. The lowest BCUT2D eigenvalue weighted by Gasteiger charge is -2.35. The van der Waals surface area contributed by atoms with E-state index in [2.05, 4.69) is 132 Å². The molecule has 0 saturated carbocycles. The molecule has 2 aliphatic rings. The molecule has 2 heteroatoms. The van der Waals surface area contributed by atoms with E-state index in [9.17, 15) is 5.48 Å². The van der Waals surface area contributed by atoms with Crippen molar-refractivity contribution in [1.82, 2.24) is 0 Å². The molecule has 2 aliphatic carbocycles. The largest absolute Gasteiger partial charge is 0.310 e. The lowest BCUT2D eigenvalue weighted by Crippen LogP contribution is -2.28. The molecular formula is C78H56N2. The molecule has 14 rings (SSSR count). The maximum atomic E-state index is 9.57. The molecule has 2 unspecified atom stereocenters. The highest BCUT2D eigenvalue weighted by atomic mass is 15.1. The molecule has 0 N–H and O–H groups in total. The molecule has 80 heavy (non-hydrogen) atoms. The van der Waals surface area contributed by atoms with Crippen molar-refractivity contribution < 1.29 is 13.7 Å². The van der Waals surface area contributed by atoms with Crippen molar-refractivity contribution in [2.45, 2.75) is 10.8 Å². The standard InChI is InChI=1S/C78H56N2/c1-3-55-33-41-61(42-34-55)77(59-21-9-5-10-22-59)73-31-19-17-29-69(73)71-51-49-67(53-75(71)77)79(63-25-13-7-14-26-63)65-45-37-57(38-46-65)58-39-47-66(48-40-58)80(64-27-15-8-16-28-64)68-50-52-72-70-30-18-20-32-74(70)78(76(72)54-68,60-23-11-6-12-24-60)62-43-35-56(4-2)36-44-62/h3-54H,1-2H2/i5D,6D,9D,10D,11D,12D,21D,22D,23D,24D. The summed E-state index contributed by atoms with van der Waals surface area (Å²) >= 11 is 0. The van der Waals surface area contributed by atoms with Crippen molar-refractivity contribution >= 4 is 46.3 Å². The SMILES string of the molecule is [2H]c1c([2H])c([2H])c(C2(c3ccc(C=C)cc3)c3ccccc3-c3ccc(N(c4ccccc4)c4ccc(-c5ccc(N(c6ccccc6)c6ccc7c(c6)C(c6ccc(C=C)cc6)(c6c([2H])c([2H])c([2H])c([2H])c6[2H])c6ccccc6-7)cc5)cc4)cc32)c([2H])c1[2H]. The maximum Gasteiger partial charge on any atom is 0.0714 e. The van der Waals surface area contributed by atoms with Gasteiger partial charge >= 0.3 is 0 Å². The number of nitrogens with zero attached hydrogens (tertiary/aromatic N) is 2. The normalized spacial score (nSPS) is 17.2. The first kappa shape index (κ1) is 38.3. The van der Waals surface area contributed by atoms with Gasteiger partial charge < -0.3 is 9.80 Å². The molecule has 0 aromatic heterocycles. The van der Waals surface area contributed by atoms with Crippen LogP contribution in [0.25, 0.3) is 45.5 Å². The Labute approximate surface area is 483 Å². The first-order valence-corrected chi connectivity index (χ1v) is 26.7. The van der Waals surface area contributed by atoms with Crippen molar-refractivity contribution in [3.05, 3.63) is 372 Å². The summed E-state index contributed by atoms with van der Waals surface area (Å²) < 4.78 is 91.5. The third-order valence-electron chi connectivity index (χ3n) is 16.1. The number of hydrogen-bond acceptors (Lipinski definition) is 2. The van der Waals surface area contributed by atoms with Crippen LogP contribution in [0.3, 0.4) is 0 Å². The molecule has 0 spiro atoms. The van der Waals surface area contributed by atoms with Crippen LogP contribution in [0, 0.1) is 0 Å². The van der Waals surface area contributed by atoms with Crippen LogP contribution in [-0.2, 0) is 10.8 Å². The Morgan fingerprint density at radius 3 is 0.988 bits per heavy atom. The molecule has 12 aromatic rings. The third kappa shape index (κ3) is 7.71. The Bertz CT molecular complexity index is 4490. The van der Waals surface area contributed by atoms with E-state index in [1.807, 2.05) is 133 Å². The van der Waals surface area contributed by atoms with Crippen LogP contribution in [0.2, 0.25) is 0 Å². The average molecular weight is 1030 g/mol. The van der Waals surface area contributed by atoms with Crippen LogP contribution in [0.1, 0.15) is 69.3 Å². The summed E-state index contributed by atoms with van der Waals surface area (Å²) in [6.07, 6.45) is 3.53. The van der Waals surface area contributed by atoms with Crippen molar-refractivity contribution in [2.24, 2.45) is 0 Å². The van der Waals surface area contributed by atoms with Crippen LogP contribution >= 0.6 is 0 Å². The van der Waals surface area contributed by atoms with Gasteiger partial charge in [0.25, 0.3) is 0 Å². The van der Waals surface area contributed by atoms with Gasteiger partial charge in [-0.3, -0.25) is 0 Å². The van der Waals surface area contributed by atoms with Crippen LogP contribution < -0.4 is 9.80 Å². The minimum absolute atomic E-state index is 0.176. The number of fused-ring (bicyclic) bond motifs is 6. The number of benzene rings is 12.